The lowest BCUT2D eigenvalue weighted by molar-refractivity contribution is 0.199. The van der Waals surface area contributed by atoms with Gasteiger partial charge in [0.1, 0.15) is 5.75 Å². The fourth-order valence-corrected chi connectivity index (χ4v) is 2.07. The Morgan fingerprint density at radius 2 is 1.89 bits per heavy atom. The van der Waals surface area contributed by atoms with Crippen LogP contribution in [0, 0.1) is 0 Å². The molecule has 2 N–H and O–H groups in total. The maximum Gasteiger partial charge on any atom is 0.124 e. The van der Waals surface area contributed by atoms with Crippen LogP contribution in [0.15, 0.2) is 22.7 Å². The van der Waals surface area contributed by atoms with Crippen molar-refractivity contribution in [3.63, 3.8) is 0 Å². The molecule has 4 nitrogen and oxygen atoms in total. The Labute approximate surface area is 124 Å². The van der Waals surface area contributed by atoms with E-state index in [0.29, 0.717) is 0 Å². The van der Waals surface area contributed by atoms with Crippen molar-refractivity contribution < 1.29 is 9.47 Å². The van der Waals surface area contributed by atoms with Gasteiger partial charge in [-0.2, -0.15) is 0 Å². The van der Waals surface area contributed by atoms with Crippen LogP contribution < -0.4 is 15.4 Å². The van der Waals surface area contributed by atoms with Gasteiger partial charge in [0.15, 0.2) is 0 Å². The van der Waals surface area contributed by atoms with E-state index in [9.17, 15) is 0 Å². The summed E-state index contributed by atoms with van der Waals surface area (Å²) in [5.41, 5.74) is 1.18. The van der Waals surface area contributed by atoms with E-state index in [2.05, 4.69) is 32.6 Å². The molecular formula is C14H23BrN2O2. The molecule has 0 spiro atoms. The lowest BCUT2D eigenvalue weighted by atomic mass is 10.2. The van der Waals surface area contributed by atoms with Crippen LogP contribution in [-0.4, -0.2) is 40.5 Å². The number of halogens is 1. The van der Waals surface area contributed by atoms with E-state index in [1.165, 1.54) is 5.56 Å². The molecule has 19 heavy (non-hydrogen) atoms. The second-order valence-electron chi connectivity index (χ2n) is 4.23. The van der Waals surface area contributed by atoms with Gasteiger partial charge in [0.2, 0.25) is 0 Å². The normalized spacial score (nSPS) is 10.7. The molecule has 0 amide bonds. The van der Waals surface area contributed by atoms with E-state index in [0.717, 1.165) is 49.4 Å². The van der Waals surface area contributed by atoms with Crippen LogP contribution in [0.25, 0.3) is 0 Å². The van der Waals surface area contributed by atoms with E-state index in [1.807, 2.05) is 12.1 Å². The molecular weight excluding hydrogens is 308 g/mol. The molecule has 0 aliphatic carbocycles. The van der Waals surface area contributed by atoms with Crippen LogP contribution in [0.4, 0.5) is 0 Å². The van der Waals surface area contributed by atoms with E-state index < -0.39 is 0 Å². The van der Waals surface area contributed by atoms with E-state index in [1.54, 1.807) is 14.2 Å². The molecule has 1 rings (SSSR count). The molecule has 0 saturated carbocycles. The molecule has 1 aromatic rings. The minimum Gasteiger partial charge on any atom is -0.496 e. The van der Waals surface area contributed by atoms with Gasteiger partial charge in [0.25, 0.3) is 0 Å². The van der Waals surface area contributed by atoms with Gasteiger partial charge in [-0.15, -0.1) is 0 Å². The van der Waals surface area contributed by atoms with Crippen molar-refractivity contribution in [1.29, 1.82) is 0 Å². The van der Waals surface area contributed by atoms with Crippen LogP contribution in [0.1, 0.15) is 12.0 Å². The highest BCUT2D eigenvalue weighted by atomic mass is 79.9. The van der Waals surface area contributed by atoms with Crippen molar-refractivity contribution >= 4 is 15.9 Å². The quantitative estimate of drug-likeness (QED) is 0.645. The van der Waals surface area contributed by atoms with Gasteiger partial charge in [-0.25, -0.2) is 0 Å². The highest BCUT2D eigenvalue weighted by Gasteiger charge is 2.02. The zero-order valence-corrected chi connectivity index (χ0v) is 13.3. The van der Waals surface area contributed by atoms with E-state index in [-0.39, 0.29) is 0 Å². The highest BCUT2D eigenvalue weighted by Crippen LogP contribution is 2.23. The first-order valence-electron chi connectivity index (χ1n) is 6.50. The molecule has 5 heteroatoms. The van der Waals surface area contributed by atoms with Crippen molar-refractivity contribution in [2.24, 2.45) is 0 Å². The standard InChI is InChI=1S/C14H23BrN2O2/c1-18-9-8-16-6-3-7-17-11-12-4-5-13(15)10-14(12)19-2/h4-5,10,16-17H,3,6-9,11H2,1-2H3. The molecule has 108 valence electrons. The molecule has 1 aromatic carbocycles. The minimum atomic E-state index is 0.767. The Morgan fingerprint density at radius 3 is 2.63 bits per heavy atom. The molecule has 0 heterocycles. The summed E-state index contributed by atoms with van der Waals surface area (Å²) in [6, 6.07) is 6.10. The second kappa shape index (κ2) is 10.2. The monoisotopic (exact) mass is 330 g/mol. The fraction of sp³-hybridized carbons (Fsp3) is 0.571. The summed E-state index contributed by atoms with van der Waals surface area (Å²) in [6.07, 6.45) is 1.10. The van der Waals surface area contributed by atoms with Crippen molar-refractivity contribution in [3.05, 3.63) is 28.2 Å². The number of nitrogens with one attached hydrogen (secondary N) is 2. The molecule has 0 aliphatic heterocycles. The Balaban J connectivity index is 2.15. The van der Waals surface area contributed by atoms with Gasteiger partial charge >= 0.3 is 0 Å². The number of ether oxygens (including phenoxy) is 2. The summed E-state index contributed by atoms with van der Waals surface area (Å²) in [7, 11) is 3.42. The summed E-state index contributed by atoms with van der Waals surface area (Å²) in [4.78, 5) is 0. The minimum absolute atomic E-state index is 0.767. The zero-order valence-electron chi connectivity index (χ0n) is 11.7. The average Bonchev–Trinajstić information content (AvgIpc) is 2.43. The summed E-state index contributed by atoms with van der Waals surface area (Å²) < 4.78 is 11.4. The number of methoxy groups -OCH3 is 2. The largest absolute Gasteiger partial charge is 0.496 e. The smallest absolute Gasteiger partial charge is 0.124 e. The average molecular weight is 331 g/mol. The molecule has 0 radical (unpaired) electrons. The third kappa shape index (κ3) is 6.92. The highest BCUT2D eigenvalue weighted by molar-refractivity contribution is 9.10. The molecule has 0 atom stereocenters. The number of benzene rings is 1. The summed E-state index contributed by atoms with van der Waals surface area (Å²) in [5.74, 6) is 0.917. The maximum atomic E-state index is 5.35. The summed E-state index contributed by atoms with van der Waals surface area (Å²) in [5, 5.41) is 6.74. The topological polar surface area (TPSA) is 42.5 Å². The molecule has 0 unspecified atom stereocenters. The van der Waals surface area contributed by atoms with Gasteiger partial charge in [0.05, 0.1) is 13.7 Å². The SMILES string of the molecule is COCCNCCCNCc1ccc(Br)cc1OC. The molecule has 0 aromatic heterocycles. The van der Waals surface area contributed by atoms with Gasteiger partial charge in [-0.1, -0.05) is 22.0 Å². The zero-order chi connectivity index (χ0) is 13.9. The first kappa shape index (κ1) is 16.4. The molecule has 0 aliphatic rings. The number of hydrogen-bond donors (Lipinski definition) is 2. The Hall–Kier alpha value is -0.620. The van der Waals surface area contributed by atoms with Crippen molar-refractivity contribution in [1.82, 2.24) is 10.6 Å². The predicted octanol–water partition coefficient (Wildman–Crippen LogP) is 2.17. The van der Waals surface area contributed by atoms with Crippen molar-refractivity contribution in [2.75, 3.05) is 40.5 Å². The summed E-state index contributed by atoms with van der Waals surface area (Å²) >= 11 is 3.44. The molecule has 0 bridgehead atoms. The van der Waals surface area contributed by atoms with E-state index >= 15 is 0 Å². The van der Waals surface area contributed by atoms with E-state index in [4.69, 9.17) is 9.47 Å². The summed E-state index contributed by atoms with van der Waals surface area (Å²) in [6.45, 7) is 4.50. The van der Waals surface area contributed by atoms with Crippen molar-refractivity contribution in [2.45, 2.75) is 13.0 Å². The number of hydrogen-bond acceptors (Lipinski definition) is 4. The van der Waals surface area contributed by atoms with Crippen LogP contribution in [0.2, 0.25) is 0 Å². The molecule has 0 fully saturated rings. The van der Waals surface area contributed by atoms with Crippen LogP contribution in [-0.2, 0) is 11.3 Å². The fourth-order valence-electron chi connectivity index (χ4n) is 1.73. The lowest BCUT2D eigenvalue weighted by Gasteiger charge is -2.10. The van der Waals surface area contributed by atoms with Gasteiger partial charge in [-0.05, 0) is 31.6 Å². The first-order chi connectivity index (χ1) is 9.27. The third-order valence-corrected chi connectivity index (χ3v) is 3.25. The first-order valence-corrected chi connectivity index (χ1v) is 7.30. The van der Waals surface area contributed by atoms with Gasteiger partial charge < -0.3 is 20.1 Å². The Bertz CT molecular complexity index is 361. The van der Waals surface area contributed by atoms with Crippen LogP contribution in [0.5, 0.6) is 5.75 Å². The second-order valence-corrected chi connectivity index (χ2v) is 5.14. The predicted molar refractivity (Wildman–Crippen MR) is 81.8 cm³/mol. The van der Waals surface area contributed by atoms with Crippen LogP contribution in [0.3, 0.4) is 0 Å². The van der Waals surface area contributed by atoms with Gasteiger partial charge in [-0.3, -0.25) is 0 Å². The van der Waals surface area contributed by atoms with Crippen LogP contribution >= 0.6 is 15.9 Å². The Morgan fingerprint density at radius 1 is 1.11 bits per heavy atom. The lowest BCUT2D eigenvalue weighted by Crippen LogP contribution is -2.24. The Kier molecular flexibility index (Phi) is 8.82. The third-order valence-electron chi connectivity index (χ3n) is 2.75. The maximum absolute atomic E-state index is 5.35. The molecule has 0 saturated heterocycles. The number of rotatable bonds is 10. The van der Waals surface area contributed by atoms with Gasteiger partial charge in [0, 0.05) is 30.2 Å². The van der Waals surface area contributed by atoms with Crippen molar-refractivity contribution in [3.8, 4) is 5.75 Å².